The highest BCUT2D eigenvalue weighted by atomic mass is 16.2. The van der Waals surface area contributed by atoms with Crippen molar-refractivity contribution >= 4 is 17.6 Å². The molecule has 1 unspecified atom stereocenters. The van der Waals surface area contributed by atoms with Crippen LogP contribution in [0.15, 0.2) is 0 Å². The van der Waals surface area contributed by atoms with E-state index in [2.05, 4.69) is 0 Å². The van der Waals surface area contributed by atoms with Crippen molar-refractivity contribution in [2.75, 3.05) is 6.54 Å². The summed E-state index contributed by atoms with van der Waals surface area (Å²) in [5.74, 6) is 0.176. The van der Waals surface area contributed by atoms with Crippen molar-refractivity contribution in [3.8, 4) is 0 Å². The molecule has 0 aromatic heterocycles. The minimum absolute atomic E-state index is 0.00514. The molecule has 0 aliphatic carbocycles. The van der Waals surface area contributed by atoms with Crippen LogP contribution in [0.4, 0.5) is 0 Å². The van der Waals surface area contributed by atoms with E-state index in [0.29, 0.717) is 38.6 Å². The second-order valence-corrected chi connectivity index (χ2v) is 5.00. The smallest absolute Gasteiger partial charge is 0.241 e. The van der Waals surface area contributed by atoms with E-state index in [4.69, 9.17) is 0 Å². The number of Topliss-reactive ketones (excluding diaryl/α,β-unsaturated/α-hetero) is 1. The first-order valence-electron chi connectivity index (χ1n) is 6.77. The lowest BCUT2D eigenvalue weighted by Crippen LogP contribution is -2.57. The third-order valence-electron chi connectivity index (χ3n) is 3.70. The standard InChI is InChI=1S/C13H20N2O3/c1-2-11(16)9-10-5-4-8-14-12(17)6-3-7-13(18)15(10)14/h10H,2-9H2,1H3. The number of hydrogen-bond acceptors (Lipinski definition) is 3. The second-order valence-electron chi connectivity index (χ2n) is 5.00. The normalized spacial score (nSPS) is 24.8. The van der Waals surface area contributed by atoms with Crippen molar-refractivity contribution in [2.24, 2.45) is 0 Å². The maximum atomic E-state index is 12.1. The van der Waals surface area contributed by atoms with Gasteiger partial charge in [-0.3, -0.25) is 19.4 Å². The molecule has 1 atom stereocenters. The molecule has 2 fully saturated rings. The Balaban J connectivity index is 2.17. The summed E-state index contributed by atoms with van der Waals surface area (Å²) < 4.78 is 0. The summed E-state index contributed by atoms with van der Waals surface area (Å²) in [6.07, 6.45) is 4.05. The van der Waals surface area contributed by atoms with Crippen LogP contribution in [0.5, 0.6) is 0 Å². The molecule has 0 radical (unpaired) electrons. The first kappa shape index (κ1) is 13.1. The summed E-state index contributed by atoms with van der Waals surface area (Å²) >= 11 is 0. The van der Waals surface area contributed by atoms with Gasteiger partial charge in [0.05, 0.1) is 6.04 Å². The van der Waals surface area contributed by atoms with Crippen molar-refractivity contribution in [2.45, 2.75) is 57.9 Å². The highest BCUT2D eigenvalue weighted by molar-refractivity contribution is 5.86. The lowest BCUT2D eigenvalue weighted by atomic mass is 10.0. The molecule has 2 rings (SSSR count). The van der Waals surface area contributed by atoms with E-state index in [1.807, 2.05) is 6.92 Å². The number of rotatable bonds is 3. The Bertz CT molecular complexity index is 367. The van der Waals surface area contributed by atoms with Crippen molar-refractivity contribution in [1.29, 1.82) is 0 Å². The van der Waals surface area contributed by atoms with Crippen LogP contribution in [-0.2, 0) is 14.4 Å². The molecule has 0 bridgehead atoms. The zero-order valence-corrected chi connectivity index (χ0v) is 10.9. The molecule has 2 aliphatic rings. The van der Waals surface area contributed by atoms with Crippen LogP contribution in [0, 0.1) is 0 Å². The first-order chi connectivity index (χ1) is 8.63. The van der Waals surface area contributed by atoms with Gasteiger partial charge in [0.25, 0.3) is 0 Å². The van der Waals surface area contributed by atoms with Gasteiger partial charge in [0.15, 0.2) is 0 Å². The van der Waals surface area contributed by atoms with E-state index in [1.165, 1.54) is 0 Å². The molecule has 2 heterocycles. The molecule has 5 nitrogen and oxygen atoms in total. The minimum atomic E-state index is -0.110. The van der Waals surface area contributed by atoms with Gasteiger partial charge in [-0.2, -0.15) is 0 Å². The van der Waals surface area contributed by atoms with E-state index in [-0.39, 0.29) is 23.6 Å². The average Bonchev–Trinajstić information content (AvgIpc) is 2.51. The van der Waals surface area contributed by atoms with Gasteiger partial charge in [-0.05, 0) is 19.3 Å². The van der Waals surface area contributed by atoms with Gasteiger partial charge in [0.1, 0.15) is 5.78 Å². The number of nitrogens with zero attached hydrogens (tertiary/aromatic N) is 2. The summed E-state index contributed by atoms with van der Waals surface area (Å²) in [5, 5.41) is 3.15. The maximum Gasteiger partial charge on any atom is 0.241 e. The average molecular weight is 252 g/mol. The number of hydrogen-bond donors (Lipinski definition) is 0. The Hall–Kier alpha value is -1.39. The number of carbonyl (C=O) groups is 3. The number of ketones is 1. The lowest BCUT2D eigenvalue weighted by Gasteiger charge is -2.43. The topological polar surface area (TPSA) is 57.7 Å². The van der Waals surface area contributed by atoms with Crippen LogP contribution in [0.25, 0.3) is 0 Å². The molecule has 5 heteroatoms. The van der Waals surface area contributed by atoms with Crippen LogP contribution in [0.3, 0.4) is 0 Å². The Morgan fingerprint density at radius 3 is 2.67 bits per heavy atom. The monoisotopic (exact) mass is 252 g/mol. The van der Waals surface area contributed by atoms with Gasteiger partial charge in [-0.25, -0.2) is 5.01 Å². The fourth-order valence-electron chi connectivity index (χ4n) is 2.72. The molecule has 0 aromatic carbocycles. The molecule has 2 aliphatic heterocycles. The van der Waals surface area contributed by atoms with Gasteiger partial charge in [0, 0.05) is 32.2 Å². The molecular weight excluding hydrogens is 232 g/mol. The lowest BCUT2D eigenvalue weighted by molar-refractivity contribution is -0.172. The zero-order chi connectivity index (χ0) is 13.1. The SMILES string of the molecule is CCC(=O)CC1CCCN2C(=O)CCCC(=O)N12. The van der Waals surface area contributed by atoms with Gasteiger partial charge < -0.3 is 0 Å². The molecule has 2 saturated heterocycles. The van der Waals surface area contributed by atoms with Crippen LogP contribution < -0.4 is 0 Å². The highest BCUT2D eigenvalue weighted by Gasteiger charge is 2.37. The van der Waals surface area contributed by atoms with Gasteiger partial charge in [-0.1, -0.05) is 6.92 Å². The van der Waals surface area contributed by atoms with E-state index in [0.717, 1.165) is 12.8 Å². The molecule has 18 heavy (non-hydrogen) atoms. The Labute approximate surface area is 107 Å². The van der Waals surface area contributed by atoms with Crippen LogP contribution >= 0.6 is 0 Å². The van der Waals surface area contributed by atoms with Gasteiger partial charge >= 0.3 is 0 Å². The van der Waals surface area contributed by atoms with E-state index in [1.54, 1.807) is 10.0 Å². The summed E-state index contributed by atoms with van der Waals surface area (Å²) in [4.78, 5) is 35.6. The van der Waals surface area contributed by atoms with Crippen molar-refractivity contribution < 1.29 is 14.4 Å². The zero-order valence-electron chi connectivity index (χ0n) is 10.9. The Morgan fingerprint density at radius 2 is 1.94 bits per heavy atom. The summed E-state index contributed by atoms with van der Waals surface area (Å²) in [5.41, 5.74) is 0. The Kier molecular flexibility index (Phi) is 3.99. The summed E-state index contributed by atoms with van der Waals surface area (Å²) in [7, 11) is 0. The number of carbonyl (C=O) groups excluding carboxylic acids is 3. The quantitative estimate of drug-likeness (QED) is 0.760. The molecule has 0 spiro atoms. The summed E-state index contributed by atoms with van der Waals surface area (Å²) in [6.45, 7) is 2.44. The minimum Gasteiger partial charge on any atom is -0.300 e. The molecule has 100 valence electrons. The van der Waals surface area contributed by atoms with Crippen molar-refractivity contribution in [1.82, 2.24) is 10.0 Å². The second kappa shape index (κ2) is 5.50. The van der Waals surface area contributed by atoms with E-state index < -0.39 is 0 Å². The first-order valence-corrected chi connectivity index (χ1v) is 6.77. The molecule has 0 N–H and O–H groups in total. The number of fused-ring (bicyclic) bond motifs is 1. The van der Waals surface area contributed by atoms with E-state index >= 15 is 0 Å². The van der Waals surface area contributed by atoms with Crippen LogP contribution in [-0.4, -0.2) is 40.2 Å². The highest BCUT2D eigenvalue weighted by Crippen LogP contribution is 2.26. The number of amides is 2. The molecular formula is C13H20N2O3. The van der Waals surface area contributed by atoms with E-state index in [9.17, 15) is 14.4 Å². The van der Waals surface area contributed by atoms with Crippen LogP contribution in [0.1, 0.15) is 51.9 Å². The third-order valence-corrected chi connectivity index (χ3v) is 3.70. The molecule has 2 amide bonds. The predicted octanol–water partition coefficient (Wildman–Crippen LogP) is 1.27. The predicted molar refractivity (Wildman–Crippen MR) is 65.3 cm³/mol. The molecule has 0 saturated carbocycles. The Morgan fingerprint density at radius 1 is 1.22 bits per heavy atom. The molecule has 0 aromatic rings. The van der Waals surface area contributed by atoms with Gasteiger partial charge in [0.2, 0.25) is 11.8 Å². The fraction of sp³-hybridized carbons (Fsp3) is 0.769. The largest absolute Gasteiger partial charge is 0.300 e. The summed E-state index contributed by atoms with van der Waals surface area (Å²) in [6, 6.07) is -0.110. The maximum absolute atomic E-state index is 12.1. The van der Waals surface area contributed by atoms with Crippen molar-refractivity contribution in [3.05, 3.63) is 0 Å². The van der Waals surface area contributed by atoms with Crippen molar-refractivity contribution in [3.63, 3.8) is 0 Å². The third kappa shape index (κ3) is 2.54. The number of hydrazine groups is 1. The van der Waals surface area contributed by atoms with Gasteiger partial charge in [-0.15, -0.1) is 0 Å². The van der Waals surface area contributed by atoms with Crippen LogP contribution in [0.2, 0.25) is 0 Å². The fourth-order valence-corrected chi connectivity index (χ4v) is 2.72.